The van der Waals surface area contributed by atoms with Gasteiger partial charge in [0.25, 0.3) is 0 Å². The Morgan fingerprint density at radius 2 is 1.89 bits per heavy atom. The van der Waals surface area contributed by atoms with E-state index in [1.165, 1.54) is 11.8 Å². The van der Waals surface area contributed by atoms with Gasteiger partial charge < -0.3 is 10.1 Å². The number of rotatable bonds is 6. The van der Waals surface area contributed by atoms with Crippen molar-refractivity contribution in [2.45, 2.75) is 36.1 Å². The number of fused-ring (bicyclic) bond motifs is 1. The highest BCUT2D eigenvalue weighted by Gasteiger charge is 2.21. The van der Waals surface area contributed by atoms with Crippen LogP contribution in [0.5, 0.6) is 0 Å². The fourth-order valence-corrected chi connectivity index (χ4v) is 4.28. The van der Waals surface area contributed by atoms with Crippen molar-refractivity contribution in [3.05, 3.63) is 54.6 Å². The monoisotopic (exact) mass is 393 g/mol. The van der Waals surface area contributed by atoms with E-state index in [0.29, 0.717) is 6.54 Å². The molecule has 0 radical (unpaired) electrons. The first kappa shape index (κ1) is 18.9. The molecule has 144 valence electrons. The van der Waals surface area contributed by atoms with E-state index < -0.39 is 0 Å². The zero-order chi connectivity index (χ0) is 19.3. The van der Waals surface area contributed by atoms with E-state index in [1.54, 1.807) is 0 Å². The van der Waals surface area contributed by atoms with Crippen molar-refractivity contribution in [2.24, 2.45) is 0 Å². The normalized spacial score (nSPS) is 17.5. The second kappa shape index (κ2) is 8.71. The summed E-state index contributed by atoms with van der Waals surface area (Å²) >= 11 is 1.44. The molecule has 1 aromatic heterocycles. The van der Waals surface area contributed by atoms with Crippen molar-refractivity contribution >= 4 is 28.4 Å². The lowest BCUT2D eigenvalue weighted by Gasteiger charge is -2.15. The Hall–Kier alpha value is -2.44. The van der Waals surface area contributed by atoms with E-state index >= 15 is 0 Å². The van der Waals surface area contributed by atoms with E-state index in [4.69, 9.17) is 4.74 Å². The summed E-state index contributed by atoms with van der Waals surface area (Å²) in [4.78, 5) is 12.5. The lowest BCUT2D eigenvalue weighted by molar-refractivity contribution is -0.120. The molecule has 0 saturated carbocycles. The van der Waals surface area contributed by atoms with Crippen molar-refractivity contribution in [1.82, 2.24) is 15.5 Å². The van der Waals surface area contributed by atoms with Gasteiger partial charge in [-0.15, -0.1) is 10.2 Å². The van der Waals surface area contributed by atoms with Crippen LogP contribution in [-0.4, -0.2) is 40.6 Å². The lowest BCUT2D eigenvalue weighted by atomic mass is 10.1. The first-order valence-corrected chi connectivity index (χ1v) is 10.5. The van der Waals surface area contributed by atoms with Crippen molar-refractivity contribution in [1.29, 1.82) is 0 Å². The molecule has 1 amide bonds. The summed E-state index contributed by atoms with van der Waals surface area (Å²) in [6, 6.07) is 18.1. The van der Waals surface area contributed by atoms with Gasteiger partial charge in [-0.3, -0.25) is 4.79 Å². The number of amides is 1. The molecular weight excluding hydrogens is 370 g/mol. The Balaban J connectivity index is 1.53. The first-order chi connectivity index (χ1) is 13.7. The highest BCUT2D eigenvalue weighted by atomic mass is 32.2. The maximum absolute atomic E-state index is 12.5. The summed E-state index contributed by atoms with van der Waals surface area (Å²) in [7, 11) is 0. The third kappa shape index (κ3) is 4.18. The smallest absolute Gasteiger partial charge is 0.233 e. The lowest BCUT2D eigenvalue weighted by Crippen LogP contribution is -2.36. The molecule has 6 heteroatoms. The number of carbonyl (C=O) groups is 1. The zero-order valence-electron chi connectivity index (χ0n) is 15.8. The number of thioether (sulfide) groups is 1. The number of benzene rings is 2. The molecule has 0 bridgehead atoms. The summed E-state index contributed by atoms with van der Waals surface area (Å²) in [5, 5.41) is 14.5. The Bertz CT molecular complexity index is 958. The summed E-state index contributed by atoms with van der Waals surface area (Å²) in [6.07, 6.45) is 2.23. The van der Waals surface area contributed by atoms with Crippen molar-refractivity contribution in [3.63, 3.8) is 0 Å². The second-order valence-corrected chi connectivity index (χ2v) is 8.24. The van der Waals surface area contributed by atoms with Crippen LogP contribution in [0.1, 0.15) is 19.8 Å². The molecule has 1 aliphatic rings. The van der Waals surface area contributed by atoms with Crippen LogP contribution >= 0.6 is 11.8 Å². The van der Waals surface area contributed by atoms with Gasteiger partial charge in [0.2, 0.25) is 5.91 Å². The van der Waals surface area contributed by atoms with Crippen molar-refractivity contribution < 1.29 is 9.53 Å². The predicted molar refractivity (Wildman–Crippen MR) is 112 cm³/mol. The van der Waals surface area contributed by atoms with Gasteiger partial charge in [0.05, 0.1) is 11.4 Å². The number of carbonyl (C=O) groups excluding carboxylic acids is 1. The van der Waals surface area contributed by atoms with Crippen LogP contribution < -0.4 is 5.32 Å². The molecule has 0 aliphatic carbocycles. The molecule has 4 rings (SSSR count). The highest BCUT2D eigenvalue weighted by molar-refractivity contribution is 8.00. The summed E-state index contributed by atoms with van der Waals surface area (Å²) < 4.78 is 5.57. The van der Waals surface area contributed by atoms with E-state index in [9.17, 15) is 4.79 Å². The van der Waals surface area contributed by atoms with Crippen molar-refractivity contribution in [2.75, 3.05) is 13.2 Å². The van der Waals surface area contributed by atoms with Crippen molar-refractivity contribution in [3.8, 4) is 11.3 Å². The summed E-state index contributed by atoms with van der Waals surface area (Å²) in [6.45, 7) is 3.26. The van der Waals surface area contributed by atoms with Gasteiger partial charge in [-0.2, -0.15) is 0 Å². The molecule has 1 fully saturated rings. The van der Waals surface area contributed by atoms with Gasteiger partial charge in [0, 0.05) is 29.5 Å². The third-order valence-electron chi connectivity index (χ3n) is 4.89. The molecule has 5 nitrogen and oxygen atoms in total. The first-order valence-electron chi connectivity index (χ1n) is 9.59. The van der Waals surface area contributed by atoms with Crippen LogP contribution in [0, 0.1) is 0 Å². The average Bonchev–Trinajstić information content (AvgIpc) is 3.26. The molecule has 3 aromatic rings. The Morgan fingerprint density at radius 1 is 1.14 bits per heavy atom. The van der Waals surface area contributed by atoms with Gasteiger partial charge in [-0.25, -0.2) is 0 Å². The minimum atomic E-state index is -0.262. The topological polar surface area (TPSA) is 64.1 Å². The predicted octanol–water partition coefficient (Wildman–Crippen LogP) is 4.07. The summed E-state index contributed by atoms with van der Waals surface area (Å²) in [5.41, 5.74) is 1.89. The number of aromatic nitrogens is 2. The molecular formula is C22H23N3O2S. The van der Waals surface area contributed by atoms with Gasteiger partial charge >= 0.3 is 0 Å². The fourth-order valence-electron chi connectivity index (χ4n) is 3.36. The molecule has 28 heavy (non-hydrogen) atoms. The highest BCUT2D eigenvalue weighted by Crippen LogP contribution is 2.33. The molecule has 1 N–H and O–H groups in total. The third-order valence-corrected chi connectivity index (χ3v) is 5.98. The van der Waals surface area contributed by atoms with E-state index in [1.807, 2.05) is 55.5 Å². The number of ether oxygens (including phenoxy) is 1. The molecule has 1 aliphatic heterocycles. The molecule has 2 aromatic carbocycles. The number of nitrogens with one attached hydrogen (secondary N) is 1. The van der Waals surface area contributed by atoms with Gasteiger partial charge in [0.15, 0.2) is 0 Å². The Labute approximate surface area is 168 Å². The Kier molecular flexibility index (Phi) is 5.88. The van der Waals surface area contributed by atoms with Gasteiger partial charge in [-0.1, -0.05) is 66.4 Å². The maximum Gasteiger partial charge on any atom is 0.233 e. The second-order valence-electron chi connectivity index (χ2n) is 6.91. The molecule has 2 heterocycles. The average molecular weight is 394 g/mol. The van der Waals surface area contributed by atoms with Gasteiger partial charge in [-0.05, 0) is 19.8 Å². The standard InChI is InChI=1S/C22H23N3O2S/c1-15(21(26)23-14-17-10-7-13-27-17)28-22-19-12-6-5-11-18(19)20(24-25-22)16-8-3-2-4-9-16/h2-6,8-9,11-12,15,17H,7,10,13-14H2,1H3,(H,23,26)/t15-,17-/m1/s1. The van der Waals surface area contributed by atoms with Gasteiger partial charge in [0.1, 0.15) is 10.7 Å². The SMILES string of the molecule is C[C@@H](Sc1nnc(-c2ccccc2)c2ccccc12)C(=O)NC[C@H]1CCCO1. The number of hydrogen-bond donors (Lipinski definition) is 1. The van der Waals surface area contributed by atoms with Crippen LogP contribution in [0.3, 0.4) is 0 Å². The number of hydrogen-bond acceptors (Lipinski definition) is 5. The van der Waals surface area contributed by atoms with E-state index in [-0.39, 0.29) is 17.3 Å². The largest absolute Gasteiger partial charge is 0.376 e. The van der Waals surface area contributed by atoms with Crippen LogP contribution in [0.25, 0.3) is 22.0 Å². The molecule has 0 unspecified atom stereocenters. The fraction of sp³-hybridized carbons (Fsp3) is 0.318. The molecule has 1 saturated heterocycles. The quantitative estimate of drug-likeness (QED) is 0.640. The zero-order valence-corrected chi connectivity index (χ0v) is 16.6. The van der Waals surface area contributed by atoms with E-state index in [0.717, 1.165) is 46.5 Å². The minimum Gasteiger partial charge on any atom is -0.376 e. The minimum absolute atomic E-state index is 0.00137. The van der Waals surface area contributed by atoms with Crippen LogP contribution in [0.4, 0.5) is 0 Å². The van der Waals surface area contributed by atoms with E-state index in [2.05, 4.69) is 21.6 Å². The molecule has 0 spiro atoms. The molecule has 2 atom stereocenters. The summed E-state index contributed by atoms with van der Waals surface area (Å²) in [5.74, 6) is -0.00137. The van der Waals surface area contributed by atoms with Crippen LogP contribution in [0.15, 0.2) is 59.6 Å². The van der Waals surface area contributed by atoms with Crippen LogP contribution in [0.2, 0.25) is 0 Å². The Morgan fingerprint density at radius 3 is 2.64 bits per heavy atom. The number of nitrogens with zero attached hydrogens (tertiary/aromatic N) is 2. The maximum atomic E-state index is 12.5. The van der Waals surface area contributed by atoms with Crippen LogP contribution in [-0.2, 0) is 9.53 Å².